The fourth-order valence-corrected chi connectivity index (χ4v) is 1.43. The largest absolute Gasteiger partial charge is 0.478 e. The Morgan fingerprint density at radius 3 is 2.50 bits per heavy atom. The van der Waals surface area contributed by atoms with Crippen LogP contribution in [0.2, 0.25) is 0 Å². The van der Waals surface area contributed by atoms with Crippen LogP contribution in [0, 0.1) is 0 Å². The second kappa shape index (κ2) is 4.49. The van der Waals surface area contributed by atoms with E-state index >= 15 is 0 Å². The van der Waals surface area contributed by atoms with Crippen LogP contribution in [-0.4, -0.2) is 11.1 Å². The first-order valence-corrected chi connectivity index (χ1v) is 4.91. The lowest BCUT2D eigenvalue weighted by Gasteiger charge is -2.06. The van der Waals surface area contributed by atoms with Gasteiger partial charge in [-0.05, 0) is 29.8 Å². The molecule has 2 N–H and O–H groups in total. The minimum absolute atomic E-state index is 0.295. The Morgan fingerprint density at radius 1 is 1.06 bits per heavy atom. The number of benzene rings is 1. The molecule has 0 spiro atoms. The molecule has 1 aliphatic heterocycles. The Balaban J connectivity index is 2.28. The first kappa shape index (κ1) is 10.2. The lowest BCUT2D eigenvalue weighted by Crippen LogP contribution is -2.03. The SMILES string of the molecule is O=C(O)c1ccc(C2=CC=CC=CN2)cc1. The zero-order chi connectivity index (χ0) is 11.4. The Morgan fingerprint density at radius 2 is 1.81 bits per heavy atom. The first-order valence-electron chi connectivity index (χ1n) is 4.91. The van der Waals surface area contributed by atoms with E-state index in [4.69, 9.17) is 5.11 Å². The minimum atomic E-state index is -0.908. The van der Waals surface area contributed by atoms with Gasteiger partial charge in [-0.25, -0.2) is 4.79 Å². The van der Waals surface area contributed by atoms with Crippen molar-refractivity contribution in [2.24, 2.45) is 0 Å². The van der Waals surface area contributed by atoms with Crippen LogP contribution in [0.15, 0.2) is 54.8 Å². The van der Waals surface area contributed by atoms with Gasteiger partial charge in [-0.3, -0.25) is 0 Å². The quantitative estimate of drug-likeness (QED) is 0.793. The fourth-order valence-electron chi connectivity index (χ4n) is 1.43. The molecule has 0 amide bonds. The highest BCUT2D eigenvalue weighted by molar-refractivity contribution is 5.88. The summed E-state index contributed by atoms with van der Waals surface area (Å²) in [5.41, 5.74) is 2.20. The maximum absolute atomic E-state index is 10.7. The van der Waals surface area contributed by atoms with Crippen molar-refractivity contribution in [2.45, 2.75) is 0 Å². The van der Waals surface area contributed by atoms with Crippen LogP contribution in [0.5, 0.6) is 0 Å². The van der Waals surface area contributed by atoms with Gasteiger partial charge in [0.15, 0.2) is 0 Å². The fraction of sp³-hybridized carbons (Fsp3) is 0. The Kier molecular flexibility index (Phi) is 2.87. The second-order valence-corrected chi connectivity index (χ2v) is 3.35. The lowest BCUT2D eigenvalue weighted by atomic mass is 10.1. The molecule has 80 valence electrons. The minimum Gasteiger partial charge on any atom is -0.478 e. The van der Waals surface area contributed by atoms with Gasteiger partial charge in [-0.15, -0.1) is 0 Å². The highest BCUT2D eigenvalue weighted by atomic mass is 16.4. The van der Waals surface area contributed by atoms with Crippen molar-refractivity contribution in [1.82, 2.24) is 5.32 Å². The molecule has 0 saturated heterocycles. The molecule has 1 aromatic carbocycles. The van der Waals surface area contributed by atoms with Gasteiger partial charge in [0.25, 0.3) is 0 Å². The summed E-state index contributed by atoms with van der Waals surface area (Å²) in [5.74, 6) is -0.908. The number of carboxylic acids is 1. The van der Waals surface area contributed by atoms with Gasteiger partial charge in [-0.2, -0.15) is 0 Å². The number of nitrogens with one attached hydrogen (secondary N) is 1. The van der Waals surface area contributed by atoms with Crippen LogP contribution in [0.4, 0.5) is 0 Å². The van der Waals surface area contributed by atoms with Gasteiger partial charge in [0, 0.05) is 11.9 Å². The summed E-state index contributed by atoms with van der Waals surface area (Å²) in [6.07, 6.45) is 9.52. The normalized spacial score (nSPS) is 13.9. The third-order valence-corrected chi connectivity index (χ3v) is 2.26. The average molecular weight is 213 g/mol. The van der Waals surface area contributed by atoms with Crippen molar-refractivity contribution in [1.29, 1.82) is 0 Å². The van der Waals surface area contributed by atoms with Gasteiger partial charge in [-0.1, -0.05) is 24.3 Å². The van der Waals surface area contributed by atoms with Gasteiger partial charge in [0.2, 0.25) is 0 Å². The Hall–Kier alpha value is -2.29. The van der Waals surface area contributed by atoms with Crippen LogP contribution in [0.1, 0.15) is 15.9 Å². The van der Waals surface area contributed by atoms with Crippen molar-refractivity contribution < 1.29 is 9.90 Å². The summed E-state index contributed by atoms with van der Waals surface area (Å²) in [7, 11) is 0. The maximum atomic E-state index is 10.7. The number of allylic oxidation sites excluding steroid dienone is 4. The number of aromatic carboxylic acids is 1. The van der Waals surface area contributed by atoms with Crippen molar-refractivity contribution in [3.8, 4) is 0 Å². The van der Waals surface area contributed by atoms with Crippen LogP contribution in [0.3, 0.4) is 0 Å². The molecule has 0 aromatic heterocycles. The molecule has 0 radical (unpaired) electrons. The highest BCUT2D eigenvalue weighted by Gasteiger charge is 2.04. The van der Waals surface area contributed by atoms with Crippen molar-refractivity contribution in [3.63, 3.8) is 0 Å². The molecule has 0 fully saturated rings. The summed E-state index contributed by atoms with van der Waals surface area (Å²) in [6.45, 7) is 0. The zero-order valence-electron chi connectivity index (χ0n) is 8.55. The maximum Gasteiger partial charge on any atom is 0.335 e. The summed E-state index contributed by atoms with van der Waals surface area (Å²) in [6, 6.07) is 6.77. The predicted octanol–water partition coefficient (Wildman–Crippen LogP) is 2.40. The molecule has 0 atom stereocenters. The monoisotopic (exact) mass is 213 g/mol. The van der Waals surface area contributed by atoms with E-state index in [1.165, 1.54) is 0 Å². The topological polar surface area (TPSA) is 49.3 Å². The number of carboxylic acid groups (broad SMARTS) is 1. The standard InChI is InChI=1S/C13H11NO2/c15-13(16)11-7-5-10(6-8-11)12-4-2-1-3-9-14-12/h1-9,14H,(H,15,16). The summed E-state index contributed by atoms with van der Waals surface area (Å²) in [5, 5.41) is 11.9. The molecule has 0 saturated carbocycles. The second-order valence-electron chi connectivity index (χ2n) is 3.35. The van der Waals surface area contributed by atoms with Gasteiger partial charge in [0.1, 0.15) is 0 Å². The summed E-state index contributed by atoms with van der Waals surface area (Å²) < 4.78 is 0. The molecule has 1 aromatic rings. The number of carbonyl (C=O) groups is 1. The molecule has 16 heavy (non-hydrogen) atoms. The van der Waals surface area contributed by atoms with Gasteiger partial charge >= 0.3 is 5.97 Å². The molecular formula is C13H11NO2. The van der Waals surface area contributed by atoms with E-state index in [0.29, 0.717) is 5.56 Å². The Labute approximate surface area is 93.4 Å². The molecule has 1 heterocycles. The van der Waals surface area contributed by atoms with E-state index in [9.17, 15) is 4.79 Å². The van der Waals surface area contributed by atoms with E-state index in [1.54, 1.807) is 24.3 Å². The van der Waals surface area contributed by atoms with E-state index in [0.717, 1.165) is 11.3 Å². The third kappa shape index (κ3) is 2.20. The van der Waals surface area contributed by atoms with Gasteiger partial charge < -0.3 is 10.4 Å². The molecule has 0 bridgehead atoms. The van der Waals surface area contributed by atoms with Crippen LogP contribution >= 0.6 is 0 Å². The van der Waals surface area contributed by atoms with Crippen molar-refractivity contribution >= 4 is 11.7 Å². The smallest absolute Gasteiger partial charge is 0.335 e. The van der Waals surface area contributed by atoms with E-state index in [-0.39, 0.29) is 0 Å². The zero-order valence-corrected chi connectivity index (χ0v) is 8.55. The summed E-state index contributed by atoms with van der Waals surface area (Å²) in [4.78, 5) is 10.7. The molecule has 2 rings (SSSR count). The van der Waals surface area contributed by atoms with Gasteiger partial charge in [0.05, 0.1) is 5.56 Å². The molecule has 3 heteroatoms. The average Bonchev–Trinajstić information content (AvgIpc) is 2.57. The Bertz CT molecular complexity index is 481. The first-order chi connectivity index (χ1) is 7.77. The molecule has 0 unspecified atom stereocenters. The highest BCUT2D eigenvalue weighted by Crippen LogP contribution is 2.14. The molecule has 0 aliphatic carbocycles. The van der Waals surface area contributed by atoms with Crippen LogP contribution in [-0.2, 0) is 0 Å². The number of rotatable bonds is 2. The van der Waals surface area contributed by atoms with E-state index in [1.807, 2.05) is 30.5 Å². The van der Waals surface area contributed by atoms with Crippen LogP contribution < -0.4 is 5.32 Å². The van der Waals surface area contributed by atoms with E-state index < -0.39 is 5.97 Å². The van der Waals surface area contributed by atoms with E-state index in [2.05, 4.69) is 5.32 Å². The molecule has 3 nitrogen and oxygen atoms in total. The van der Waals surface area contributed by atoms with Crippen molar-refractivity contribution in [3.05, 3.63) is 65.9 Å². The molecule has 1 aliphatic rings. The van der Waals surface area contributed by atoms with Crippen molar-refractivity contribution in [2.75, 3.05) is 0 Å². The predicted molar refractivity (Wildman–Crippen MR) is 62.8 cm³/mol. The van der Waals surface area contributed by atoms with Crippen LogP contribution in [0.25, 0.3) is 5.70 Å². The summed E-state index contributed by atoms with van der Waals surface area (Å²) >= 11 is 0. The number of hydrogen-bond acceptors (Lipinski definition) is 2. The third-order valence-electron chi connectivity index (χ3n) is 2.26. The molecular weight excluding hydrogens is 202 g/mol. The lowest BCUT2D eigenvalue weighted by molar-refractivity contribution is 0.0697. The number of hydrogen-bond donors (Lipinski definition) is 2.